The number of amidine groups is 1. The summed E-state index contributed by atoms with van der Waals surface area (Å²) >= 11 is 0. The smallest absolute Gasteiger partial charge is 0.259 e. The Labute approximate surface area is 122 Å². The molecule has 2 aromatic rings. The molecule has 2 rings (SSSR count). The minimum Gasteiger partial charge on any atom is -0.466 e. The van der Waals surface area contributed by atoms with Gasteiger partial charge in [-0.25, -0.2) is 0 Å². The van der Waals surface area contributed by atoms with E-state index in [9.17, 15) is 4.79 Å². The maximum absolute atomic E-state index is 12.3. The SMILES string of the molecule is Cc1cc(C(=O)Nc2cc(C(N)=NO)ccc2C)c(C)o1. The molecule has 1 aromatic heterocycles. The molecule has 6 heteroatoms. The summed E-state index contributed by atoms with van der Waals surface area (Å²) in [6, 6.07) is 6.85. The molecule has 0 unspecified atom stereocenters. The Morgan fingerprint density at radius 2 is 2.00 bits per heavy atom. The summed E-state index contributed by atoms with van der Waals surface area (Å²) in [5, 5.41) is 14.5. The van der Waals surface area contributed by atoms with Crippen molar-refractivity contribution >= 4 is 17.4 Å². The fourth-order valence-electron chi connectivity index (χ4n) is 2.02. The standard InChI is InChI=1S/C15H17N3O3/c1-8-4-5-11(14(16)18-20)7-13(8)17-15(19)12-6-9(2)21-10(12)3/h4-7,20H,1-3H3,(H2,16,18)(H,17,19). The first kappa shape index (κ1) is 14.6. The molecule has 0 saturated heterocycles. The lowest BCUT2D eigenvalue weighted by molar-refractivity contribution is 0.102. The molecule has 110 valence electrons. The number of oxime groups is 1. The van der Waals surface area contributed by atoms with E-state index in [2.05, 4.69) is 10.5 Å². The van der Waals surface area contributed by atoms with Gasteiger partial charge in [0.2, 0.25) is 0 Å². The zero-order chi connectivity index (χ0) is 15.6. The number of rotatable bonds is 3. The third kappa shape index (κ3) is 3.05. The molecule has 0 radical (unpaired) electrons. The molecule has 0 bridgehead atoms. The number of benzene rings is 1. The van der Waals surface area contributed by atoms with Crippen molar-refractivity contribution in [3.8, 4) is 0 Å². The van der Waals surface area contributed by atoms with Crippen molar-refractivity contribution in [1.29, 1.82) is 0 Å². The molecular weight excluding hydrogens is 270 g/mol. The molecule has 0 atom stereocenters. The van der Waals surface area contributed by atoms with E-state index in [0.717, 1.165) is 5.56 Å². The van der Waals surface area contributed by atoms with Crippen LogP contribution < -0.4 is 11.1 Å². The lowest BCUT2D eigenvalue weighted by Gasteiger charge is -2.09. The number of hydrogen-bond acceptors (Lipinski definition) is 4. The van der Waals surface area contributed by atoms with Crippen LogP contribution in [-0.4, -0.2) is 17.0 Å². The predicted molar refractivity (Wildman–Crippen MR) is 79.8 cm³/mol. The Hall–Kier alpha value is -2.76. The van der Waals surface area contributed by atoms with Crippen LogP contribution in [0.3, 0.4) is 0 Å². The van der Waals surface area contributed by atoms with Gasteiger partial charge in [0.05, 0.1) is 5.56 Å². The van der Waals surface area contributed by atoms with E-state index in [1.54, 1.807) is 38.1 Å². The second-order valence-corrected chi connectivity index (χ2v) is 4.80. The molecule has 0 spiro atoms. The Kier molecular flexibility index (Phi) is 3.98. The summed E-state index contributed by atoms with van der Waals surface area (Å²) in [4.78, 5) is 12.3. The van der Waals surface area contributed by atoms with E-state index in [1.807, 2.05) is 6.92 Å². The second-order valence-electron chi connectivity index (χ2n) is 4.80. The highest BCUT2D eigenvalue weighted by Gasteiger charge is 2.15. The topological polar surface area (TPSA) is 101 Å². The van der Waals surface area contributed by atoms with Crippen LogP contribution in [0.4, 0.5) is 5.69 Å². The summed E-state index contributed by atoms with van der Waals surface area (Å²) in [6.07, 6.45) is 0. The van der Waals surface area contributed by atoms with Crippen LogP contribution in [0.5, 0.6) is 0 Å². The van der Waals surface area contributed by atoms with E-state index < -0.39 is 0 Å². The van der Waals surface area contributed by atoms with Crippen LogP contribution in [0.1, 0.15) is 33.0 Å². The highest BCUT2D eigenvalue weighted by atomic mass is 16.4. The predicted octanol–water partition coefficient (Wildman–Crippen LogP) is 2.55. The van der Waals surface area contributed by atoms with E-state index >= 15 is 0 Å². The highest BCUT2D eigenvalue weighted by molar-refractivity contribution is 6.06. The van der Waals surface area contributed by atoms with E-state index in [0.29, 0.717) is 28.3 Å². The van der Waals surface area contributed by atoms with Crippen LogP contribution >= 0.6 is 0 Å². The lowest BCUT2D eigenvalue weighted by atomic mass is 10.1. The van der Waals surface area contributed by atoms with Gasteiger partial charge in [0.25, 0.3) is 5.91 Å². The highest BCUT2D eigenvalue weighted by Crippen LogP contribution is 2.20. The molecular formula is C15H17N3O3. The Bertz CT molecular complexity index is 717. The summed E-state index contributed by atoms with van der Waals surface area (Å²) in [5.41, 5.74) is 8.04. The van der Waals surface area contributed by atoms with Crippen molar-refractivity contribution in [3.63, 3.8) is 0 Å². The Morgan fingerprint density at radius 1 is 1.29 bits per heavy atom. The van der Waals surface area contributed by atoms with Gasteiger partial charge in [0, 0.05) is 11.3 Å². The molecule has 21 heavy (non-hydrogen) atoms. The number of carbonyl (C=O) groups excluding carboxylic acids is 1. The minimum absolute atomic E-state index is 0.0131. The third-order valence-electron chi connectivity index (χ3n) is 3.17. The van der Waals surface area contributed by atoms with Gasteiger partial charge in [-0.3, -0.25) is 4.79 Å². The van der Waals surface area contributed by atoms with Crippen molar-refractivity contribution < 1.29 is 14.4 Å². The average Bonchev–Trinajstić information content (AvgIpc) is 2.79. The van der Waals surface area contributed by atoms with E-state index in [-0.39, 0.29) is 11.7 Å². The van der Waals surface area contributed by atoms with Gasteiger partial charge in [-0.2, -0.15) is 0 Å². The van der Waals surface area contributed by atoms with Crippen molar-refractivity contribution in [2.24, 2.45) is 10.9 Å². The van der Waals surface area contributed by atoms with Crippen molar-refractivity contribution in [2.75, 3.05) is 5.32 Å². The average molecular weight is 287 g/mol. The number of amides is 1. The molecule has 0 aliphatic rings. The van der Waals surface area contributed by atoms with Crippen molar-refractivity contribution in [1.82, 2.24) is 0 Å². The first-order valence-corrected chi connectivity index (χ1v) is 6.39. The van der Waals surface area contributed by atoms with Gasteiger partial charge in [0.15, 0.2) is 5.84 Å². The number of hydrogen-bond donors (Lipinski definition) is 3. The molecule has 0 saturated carbocycles. The lowest BCUT2D eigenvalue weighted by Crippen LogP contribution is -2.16. The first-order valence-electron chi connectivity index (χ1n) is 6.39. The number of carbonyl (C=O) groups is 1. The van der Waals surface area contributed by atoms with Crippen molar-refractivity contribution in [3.05, 3.63) is 52.5 Å². The fourth-order valence-corrected chi connectivity index (χ4v) is 2.02. The Balaban J connectivity index is 2.31. The van der Waals surface area contributed by atoms with Gasteiger partial charge >= 0.3 is 0 Å². The van der Waals surface area contributed by atoms with Gasteiger partial charge in [-0.1, -0.05) is 17.3 Å². The quantitative estimate of drug-likeness (QED) is 0.349. The molecule has 0 aliphatic heterocycles. The summed E-state index contributed by atoms with van der Waals surface area (Å²) < 4.78 is 5.35. The number of nitrogens with one attached hydrogen (secondary N) is 1. The Morgan fingerprint density at radius 3 is 2.57 bits per heavy atom. The molecule has 1 heterocycles. The number of nitrogens with two attached hydrogens (primary N) is 1. The zero-order valence-electron chi connectivity index (χ0n) is 12.1. The maximum atomic E-state index is 12.3. The minimum atomic E-state index is -0.260. The van der Waals surface area contributed by atoms with Crippen LogP contribution in [0.2, 0.25) is 0 Å². The van der Waals surface area contributed by atoms with Gasteiger partial charge in [0.1, 0.15) is 11.5 Å². The summed E-state index contributed by atoms with van der Waals surface area (Å²) in [7, 11) is 0. The maximum Gasteiger partial charge on any atom is 0.259 e. The van der Waals surface area contributed by atoms with Crippen LogP contribution in [0.15, 0.2) is 33.8 Å². The van der Waals surface area contributed by atoms with Crippen LogP contribution in [-0.2, 0) is 0 Å². The van der Waals surface area contributed by atoms with Gasteiger partial charge in [-0.05, 0) is 38.5 Å². The first-order chi connectivity index (χ1) is 9.92. The van der Waals surface area contributed by atoms with E-state index in [1.165, 1.54) is 0 Å². The largest absolute Gasteiger partial charge is 0.466 e. The van der Waals surface area contributed by atoms with E-state index in [4.69, 9.17) is 15.4 Å². The molecule has 0 fully saturated rings. The molecule has 1 amide bonds. The van der Waals surface area contributed by atoms with Crippen LogP contribution in [0, 0.1) is 20.8 Å². The summed E-state index contributed by atoms with van der Waals surface area (Å²) in [6.45, 7) is 5.38. The summed E-state index contributed by atoms with van der Waals surface area (Å²) in [5.74, 6) is 0.972. The zero-order valence-corrected chi connectivity index (χ0v) is 12.1. The van der Waals surface area contributed by atoms with Crippen molar-refractivity contribution in [2.45, 2.75) is 20.8 Å². The second kappa shape index (κ2) is 5.70. The normalized spacial score (nSPS) is 11.5. The molecule has 6 nitrogen and oxygen atoms in total. The fraction of sp³-hybridized carbons (Fsp3) is 0.200. The monoisotopic (exact) mass is 287 g/mol. The third-order valence-corrected chi connectivity index (χ3v) is 3.17. The number of aryl methyl sites for hydroxylation is 3. The number of anilines is 1. The number of nitrogens with zero attached hydrogens (tertiary/aromatic N) is 1. The molecule has 1 aromatic carbocycles. The van der Waals surface area contributed by atoms with Gasteiger partial charge < -0.3 is 20.7 Å². The molecule has 0 aliphatic carbocycles. The number of furan rings is 1. The molecule has 4 N–H and O–H groups in total. The van der Waals surface area contributed by atoms with Gasteiger partial charge in [-0.15, -0.1) is 0 Å². The van der Waals surface area contributed by atoms with Crippen LogP contribution in [0.25, 0.3) is 0 Å².